The minimum atomic E-state index is -0.331. The summed E-state index contributed by atoms with van der Waals surface area (Å²) >= 11 is 2.70. The molecule has 154 valence electrons. The average Bonchev–Trinajstić information content (AvgIpc) is 3.50. The van der Waals surface area contributed by atoms with E-state index < -0.39 is 0 Å². The second kappa shape index (κ2) is 8.83. The molecule has 1 saturated heterocycles. The number of aromatic nitrogens is 1. The maximum absolute atomic E-state index is 13.2. The molecule has 0 aromatic carbocycles. The molecule has 4 heterocycles. The number of thiazole rings is 1. The first kappa shape index (κ1) is 20.3. The molecular weight excluding hydrogens is 420 g/mol. The molecule has 1 fully saturated rings. The molecule has 0 radical (unpaired) electrons. The summed E-state index contributed by atoms with van der Waals surface area (Å²) in [5, 5.41) is 11.8. The number of hydrogen-bond donors (Lipinski definition) is 0. The summed E-state index contributed by atoms with van der Waals surface area (Å²) in [5.41, 5.74) is -0.238. The van der Waals surface area contributed by atoms with Gasteiger partial charge in [-0.15, -0.1) is 22.7 Å². The molecule has 7 nitrogen and oxygen atoms in total. The van der Waals surface area contributed by atoms with Gasteiger partial charge in [0.05, 0.1) is 17.3 Å². The van der Waals surface area contributed by atoms with E-state index in [0.717, 1.165) is 18.0 Å². The van der Waals surface area contributed by atoms with Crippen molar-refractivity contribution >= 4 is 40.2 Å². The molecule has 0 saturated carbocycles. The number of nitrogens with zero attached hydrogens (tertiary/aromatic N) is 4. The van der Waals surface area contributed by atoms with Crippen LogP contribution in [0, 0.1) is 11.3 Å². The Hall–Kier alpha value is -2.93. The van der Waals surface area contributed by atoms with Gasteiger partial charge in [0.1, 0.15) is 16.5 Å². The number of likely N-dealkylation sites (N-methyl/N-ethyl adjacent to an activating group) is 1. The van der Waals surface area contributed by atoms with Crippen LogP contribution in [0.1, 0.15) is 10.6 Å². The van der Waals surface area contributed by atoms with Crippen LogP contribution in [0.4, 0.5) is 0 Å². The van der Waals surface area contributed by atoms with Gasteiger partial charge in [-0.1, -0.05) is 6.07 Å². The predicted octanol–water partition coefficient (Wildman–Crippen LogP) is 0.890. The van der Waals surface area contributed by atoms with E-state index in [1.807, 2.05) is 24.6 Å². The SMILES string of the molecule is CN1CCN(C(=O)C(C#N)=c2sc(=Cc3cccs3)c(=O)n2Cc2ccco2)CC1. The average molecular weight is 441 g/mol. The molecule has 1 amide bonds. The smallest absolute Gasteiger partial charge is 0.269 e. The molecule has 30 heavy (non-hydrogen) atoms. The Kier molecular flexibility index (Phi) is 5.99. The molecule has 0 atom stereocenters. The number of hydrogen-bond acceptors (Lipinski definition) is 7. The zero-order valence-electron chi connectivity index (χ0n) is 16.4. The van der Waals surface area contributed by atoms with Crippen LogP contribution in [0.5, 0.6) is 0 Å². The highest BCUT2D eigenvalue weighted by Crippen LogP contribution is 2.10. The summed E-state index contributed by atoms with van der Waals surface area (Å²) in [6.45, 7) is 2.79. The fraction of sp³-hybridized carbons (Fsp3) is 0.286. The molecule has 1 aliphatic rings. The Morgan fingerprint density at radius 1 is 1.27 bits per heavy atom. The topological polar surface area (TPSA) is 82.5 Å². The van der Waals surface area contributed by atoms with Gasteiger partial charge in [0, 0.05) is 31.1 Å². The molecule has 3 aromatic rings. The Labute approximate surface area is 181 Å². The van der Waals surface area contributed by atoms with Gasteiger partial charge in [0.25, 0.3) is 11.5 Å². The van der Waals surface area contributed by atoms with Gasteiger partial charge in [0.2, 0.25) is 0 Å². The van der Waals surface area contributed by atoms with Crippen LogP contribution >= 0.6 is 22.7 Å². The van der Waals surface area contributed by atoms with Crippen LogP contribution in [0.15, 0.2) is 45.1 Å². The quantitative estimate of drug-likeness (QED) is 0.602. The molecule has 0 unspecified atom stereocenters. The van der Waals surface area contributed by atoms with Crippen LogP contribution < -0.4 is 14.8 Å². The van der Waals surface area contributed by atoms with Crippen molar-refractivity contribution in [2.45, 2.75) is 6.54 Å². The van der Waals surface area contributed by atoms with Gasteiger partial charge in [-0.05, 0) is 36.7 Å². The molecule has 0 aliphatic carbocycles. The number of carbonyl (C=O) groups is 1. The van der Waals surface area contributed by atoms with E-state index >= 15 is 0 Å². The second-order valence-electron chi connectivity index (χ2n) is 6.98. The number of amides is 1. The van der Waals surface area contributed by atoms with E-state index in [-0.39, 0.29) is 23.6 Å². The zero-order valence-corrected chi connectivity index (χ0v) is 18.0. The summed E-state index contributed by atoms with van der Waals surface area (Å²) < 4.78 is 7.73. The maximum Gasteiger partial charge on any atom is 0.269 e. The minimum absolute atomic E-state index is 0.000890. The molecule has 0 spiro atoms. The van der Waals surface area contributed by atoms with Crippen LogP contribution in [-0.4, -0.2) is 53.5 Å². The van der Waals surface area contributed by atoms with E-state index in [0.29, 0.717) is 28.0 Å². The highest BCUT2D eigenvalue weighted by Gasteiger charge is 2.24. The van der Waals surface area contributed by atoms with Gasteiger partial charge < -0.3 is 14.2 Å². The van der Waals surface area contributed by atoms with Gasteiger partial charge in [0.15, 0.2) is 5.57 Å². The van der Waals surface area contributed by atoms with Crippen molar-refractivity contribution in [3.63, 3.8) is 0 Å². The first-order valence-electron chi connectivity index (χ1n) is 9.46. The largest absolute Gasteiger partial charge is 0.467 e. The molecular formula is C21H20N4O3S2. The predicted molar refractivity (Wildman–Crippen MR) is 117 cm³/mol. The van der Waals surface area contributed by atoms with Gasteiger partial charge in [-0.25, -0.2) is 0 Å². The zero-order chi connectivity index (χ0) is 21.1. The molecule has 0 N–H and O–H groups in total. The molecule has 3 aromatic heterocycles. The normalized spacial score (nSPS) is 16.5. The number of carbonyl (C=O) groups excluding carboxylic acids is 1. The van der Waals surface area contributed by atoms with Crippen molar-refractivity contribution in [3.8, 4) is 6.07 Å². The minimum Gasteiger partial charge on any atom is -0.467 e. The summed E-state index contributed by atoms with van der Waals surface area (Å²) in [6, 6.07) is 9.42. The van der Waals surface area contributed by atoms with Crippen molar-refractivity contribution in [2.24, 2.45) is 0 Å². The maximum atomic E-state index is 13.2. The number of furan rings is 1. The third kappa shape index (κ3) is 4.16. The van der Waals surface area contributed by atoms with Crippen molar-refractivity contribution in [1.29, 1.82) is 5.26 Å². The molecule has 1 aliphatic heterocycles. The third-order valence-corrected chi connectivity index (χ3v) is 6.90. The van der Waals surface area contributed by atoms with E-state index in [9.17, 15) is 14.9 Å². The van der Waals surface area contributed by atoms with E-state index in [1.165, 1.54) is 33.5 Å². The van der Waals surface area contributed by atoms with E-state index in [1.54, 1.807) is 23.1 Å². The summed E-state index contributed by atoms with van der Waals surface area (Å²) in [6.07, 6.45) is 3.34. The number of thiophene rings is 1. The monoisotopic (exact) mass is 440 g/mol. The Morgan fingerprint density at radius 2 is 2.07 bits per heavy atom. The van der Waals surface area contributed by atoms with Gasteiger partial charge >= 0.3 is 0 Å². The fourth-order valence-electron chi connectivity index (χ4n) is 3.26. The first-order valence-corrected chi connectivity index (χ1v) is 11.2. The lowest BCUT2D eigenvalue weighted by molar-refractivity contribution is -0.126. The highest BCUT2D eigenvalue weighted by molar-refractivity contribution is 7.11. The highest BCUT2D eigenvalue weighted by atomic mass is 32.1. The number of nitriles is 1. The van der Waals surface area contributed by atoms with E-state index in [2.05, 4.69) is 11.0 Å². The fourth-order valence-corrected chi connectivity index (χ4v) is 5.08. The second-order valence-corrected chi connectivity index (χ2v) is 8.99. The van der Waals surface area contributed by atoms with Crippen LogP contribution in [0.3, 0.4) is 0 Å². The third-order valence-electron chi connectivity index (χ3n) is 4.95. The van der Waals surface area contributed by atoms with Gasteiger partial charge in [-0.2, -0.15) is 5.26 Å². The van der Waals surface area contributed by atoms with Crippen LogP contribution in [0.2, 0.25) is 0 Å². The van der Waals surface area contributed by atoms with Crippen molar-refractivity contribution in [1.82, 2.24) is 14.4 Å². The van der Waals surface area contributed by atoms with E-state index in [4.69, 9.17) is 4.42 Å². The number of rotatable bonds is 4. The Balaban J connectivity index is 1.86. The molecule has 0 bridgehead atoms. The summed E-state index contributed by atoms with van der Waals surface area (Å²) in [7, 11) is 2.00. The summed E-state index contributed by atoms with van der Waals surface area (Å²) in [4.78, 5) is 31.1. The molecule has 9 heteroatoms. The van der Waals surface area contributed by atoms with Crippen molar-refractivity contribution < 1.29 is 9.21 Å². The first-order chi connectivity index (χ1) is 14.6. The standard InChI is InChI=1S/C21H20N4O3S2/c1-23-6-8-24(9-7-23)19(26)17(13-22)21-25(14-15-4-2-10-28-15)20(27)18(30-21)12-16-5-3-11-29-16/h2-5,10-12H,6-9,14H2,1H3. The Bertz CT molecular complexity index is 1240. The van der Waals surface area contributed by atoms with Crippen molar-refractivity contribution in [2.75, 3.05) is 33.2 Å². The number of piperazine rings is 1. The van der Waals surface area contributed by atoms with Gasteiger partial charge in [-0.3, -0.25) is 14.2 Å². The van der Waals surface area contributed by atoms with Crippen LogP contribution in [0.25, 0.3) is 11.6 Å². The van der Waals surface area contributed by atoms with Crippen molar-refractivity contribution in [3.05, 3.63) is 66.1 Å². The lowest BCUT2D eigenvalue weighted by Gasteiger charge is -2.32. The molecule has 4 rings (SSSR count). The summed E-state index contributed by atoms with van der Waals surface area (Å²) in [5.74, 6) is 0.255. The lowest BCUT2D eigenvalue weighted by atomic mass is 10.2. The van der Waals surface area contributed by atoms with Crippen LogP contribution in [-0.2, 0) is 11.3 Å². The Morgan fingerprint density at radius 3 is 2.70 bits per heavy atom. The lowest BCUT2D eigenvalue weighted by Crippen LogP contribution is -2.48.